The molecule has 3 heteroatoms. The van der Waals surface area contributed by atoms with E-state index in [1.807, 2.05) is 0 Å². The van der Waals surface area contributed by atoms with Crippen molar-refractivity contribution in [3.63, 3.8) is 0 Å². The topological polar surface area (TPSA) is 40.5 Å². The molecule has 0 spiro atoms. The molecule has 10 heavy (non-hydrogen) atoms. The van der Waals surface area contributed by atoms with Gasteiger partial charge in [0.25, 0.3) is 0 Å². The lowest BCUT2D eigenvalue weighted by molar-refractivity contribution is 0.135. The average Bonchev–Trinajstić information content (AvgIpc) is 1.85. The molecule has 0 aliphatic rings. The Balaban J connectivity index is 3.38. The van der Waals surface area contributed by atoms with E-state index in [1.165, 1.54) is 0 Å². The van der Waals surface area contributed by atoms with Gasteiger partial charge in [0.1, 0.15) is 0 Å². The van der Waals surface area contributed by atoms with E-state index in [0.29, 0.717) is 17.9 Å². The highest BCUT2D eigenvalue weighted by Crippen LogP contribution is 2.04. The highest BCUT2D eigenvalue weighted by atomic mass is 35.5. The van der Waals surface area contributed by atoms with Gasteiger partial charge in [-0.05, 0) is 19.8 Å². The number of hydrogen-bond donors (Lipinski definition) is 2. The molecular formula is C7H13ClO2. The molecule has 0 radical (unpaired) electrons. The van der Waals surface area contributed by atoms with Crippen LogP contribution in [0.25, 0.3) is 0 Å². The molecule has 2 N–H and O–H groups in total. The first-order valence-electron chi connectivity index (χ1n) is 3.28. The SMILES string of the molecule is C/C(Cl)=C\C[C@H](O)CCO. The minimum atomic E-state index is -0.460. The smallest absolute Gasteiger partial charge is 0.0597 e. The number of aliphatic hydroxyl groups is 2. The zero-order valence-electron chi connectivity index (χ0n) is 6.05. The predicted octanol–water partition coefficient (Wildman–Crippen LogP) is 1.26. The summed E-state index contributed by atoms with van der Waals surface area (Å²) in [5.41, 5.74) is 0. The van der Waals surface area contributed by atoms with Crippen LogP contribution in [-0.4, -0.2) is 22.9 Å². The van der Waals surface area contributed by atoms with Crippen molar-refractivity contribution in [3.8, 4) is 0 Å². The van der Waals surface area contributed by atoms with Crippen LogP contribution in [0.1, 0.15) is 19.8 Å². The number of halogens is 1. The molecular weight excluding hydrogens is 152 g/mol. The fourth-order valence-electron chi connectivity index (χ4n) is 0.565. The van der Waals surface area contributed by atoms with E-state index in [9.17, 15) is 0 Å². The average molecular weight is 165 g/mol. The summed E-state index contributed by atoms with van der Waals surface area (Å²) < 4.78 is 0. The monoisotopic (exact) mass is 164 g/mol. The molecule has 0 saturated carbocycles. The van der Waals surface area contributed by atoms with Crippen LogP contribution in [-0.2, 0) is 0 Å². The molecule has 0 heterocycles. The van der Waals surface area contributed by atoms with Gasteiger partial charge < -0.3 is 10.2 Å². The first-order chi connectivity index (χ1) is 4.66. The molecule has 60 valence electrons. The van der Waals surface area contributed by atoms with Gasteiger partial charge in [-0.15, -0.1) is 0 Å². The number of hydrogen-bond acceptors (Lipinski definition) is 2. The molecule has 0 aliphatic heterocycles. The van der Waals surface area contributed by atoms with Gasteiger partial charge in [0.2, 0.25) is 0 Å². The summed E-state index contributed by atoms with van der Waals surface area (Å²) in [6, 6.07) is 0. The van der Waals surface area contributed by atoms with Gasteiger partial charge in [-0.2, -0.15) is 0 Å². The summed E-state index contributed by atoms with van der Waals surface area (Å²) in [5.74, 6) is 0. The van der Waals surface area contributed by atoms with Crippen LogP contribution in [0.4, 0.5) is 0 Å². The van der Waals surface area contributed by atoms with E-state index in [2.05, 4.69) is 0 Å². The third kappa shape index (κ3) is 6.08. The summed E-state index contributed by atoms with van der Waals surface area (Å²) in [5, 5.41) is 18.1. The minimum Gasteiger partial charge on any atom is -0.396 e. The Labute approximate surface area is 66.1 Å². The lowest BCUT2D eigenvalue weighted by Gasteiger charge is -2.03. The third-order valence-electron chi connectivity index (χ3n) is 1.13. The second-order valence-corrected chi connectivity index (χ2v) is 2.79. The van der Waals surface area contributed by atoms with E-state index in [4.69, 9.17) is 21.8 Å². The van der Waals surface area contributed by atoms with Crippen LogP contribution in [0, 0.1) is 0 Å². The van der Waals surface area contributed by atoms with Crippen LogP contribution in [0.5, 0.6) is 0 Å². The van der Waals surface area contributed by atoms with Crippen molar-refractivity contribution >= 4 is 11.6 Å². The van der Waals surface area contributed by atoms with E-state index in [0.717, 1.165) is 0 Å². The van der Waals surface area contributed by atoms with E-state index in [1.54, 1.807) is 13.0 Å². The highest BCUT2D eigenvalue weighted by molar-refractivity contribution is 6.29. The van der Waals surface area contributed by atoms with Crippen LogP contribution in [0.15, 0.2) is 11.1 Å². The maximum absolute atomic E-state index is 9.03. The Morgan fingerprint density at radius 2 is 2.30 bits per heavy atom. The Bertz CT molecular complexity index is 108. The summed E-state index contributed by atoms with van der Waals surface area (Å²) in [7, 11) is 0. The van der Waals surface area contributed by atoms with Gasteiger partial charge >= 0.3 is 0 Å². The largest absolute Gasteiger partial charge is 0.396 e. The lowest BCUT2D eigenvalue weighted by atomic mass is 10.2. The normalized spacial score (nSPS) is 15.4. The maximum Gasteiger partial charge on any atom is 0.0597 e. The van der Waals surface area contributed by atoms with Crippen LogP contribution >= 0.6 is 11.6 Å². The standard InChI is InChI=1S/C7H13ClO2/c1-6(8)2-3-7(10)4-5-9/h2,7,9-10H,3-5H2,1H3/b6-2+/t7-/m0/s1. The van der Waals surface area contributed by atoms with Crippen LogP contribution in [0.3, 0.4) is 0 Å². The second-order valence-electron chi connectivity index (χ2n) is 2.19. The quantitative estimate of drug-likeness (QED) is 0.657. The lowest BCUT2D eigenvalue weighted by Crippen LogP contribution is -2.06. The summed E-state index contributed by atoms with van der Waals surface area (Å²) in [6.45, 7) is 1.78. The molecule has 0 aromatic rings. The van der Waals surface area contributed by atoms with Crippen molar-refractivity contribution in [2.24, 2.45) is 0 Å². The third-order valence-corrected chi connectivity index (χ3v) is 1.29. The van der Waals surface area contributed by atoms with Gasteiger partial charge in [-0.25, -0.2) is 0 Å². The highest BCUT2D eigenvalue weighted by Gasteiger charge is 1.99. The summed E-state index contributed by atoms with van der Waals surface area (Å²) >= 11 is 5.51. The molecule has 0 bridgehead atoms. The van der Waals surface area contributed by atoms with Gasteiger partial charge in [0, 0.05) is 11.6 Å². The zero-order chi connectivity index (χ0) is 7.98. The molecule has 0 amide bonds. The van der Waals surface area contributed by atoms with E-state index in [-0.39, 0.29) is 6.61 Å². The second kappa shape index (κ2) is 5.71. The van der Waals surface area contributed by atoms with Crippen molar-refractivity contribution in [1.82, 2.24) is 0 Å². The van der Waals surface area contributed by atoms with Crippen LogP contribution < -0.4 is 0 Å². The molecule has 0 aromatic heterocycles. The first-order valence-corrected chi connectivity index (χ1v) is 3.65. The van der Waals surface area contributed by atoms with Gasteiger partial charge in [0.15, 0.2) is 0 Å². The van der Waals surface area contributed by atoms with E-state index >= 15 is 0 Å². The summed E-state index contributed by atoms with van der Waals surface area (Å²) in [4.78, 5) is 0. The maximum atomic E-state index is 9.03. The van der Waals surface area contributed by atoms with Crippen molar-refractivity contribution in [1.29, 1.82) is 0 Å². The Kier molecular flexibility index (Phi) is 5.69. The molecule has 0 fully saturated rings. The molecule has 0 aliphatic carbocycles. The van der Waals surface area contributed by atoms with Crippen molar-refractivity contribution in [2.75, 3.05) is 6.61 Å². The molecule has 1 atom stereocenters. The van der Waals surface area contributed by atoms with Crippen molar-refractivity contribution in [2.45, 2.75) is 25.9 Å². The Morgan fingerprint density at radius 3 is 2.70 bits per heavy atom. The molecule has 0 saturated heterocycles. The Hall–Kier alpha value is -0.0500. The zero-order valence-corrected chi connectivity index (χ0v) is 6.80. The fraction of sp³-hybridized carbons (Fsp3) is 0.714. The minimum absolute atomic E-state index is 0.0241. The number of rotatable bonds is 4. The summed E-state index contributed by atoms with van der Waals surface area (Å²) in [6.07, 6.45) is 2.22. The number of allylic oxidation sites excluding steroid dienone is 1. The number of aliphatic hydroxyl groups excluding tert-OH is 2. The van der Waals surface area contributed by atoms with Crippen molar-refractivity contribution < 1.29 is 10.2 Å². The Morgan fingerprint density at radius 1 is 1.70 bits per heavy atom. The van der Waals surface area contributed by atoms with Gasteiger partial charge in [-0.1, -0.05) is 17.7 Å². The molecule has 2 nitrogen and oxygen atoms in total. The molecule has 0 unspecified atom stereocenters. The molecule has 0 aromatic carbocycles. The predicted molar refractivity (Wildman–Crippen MR) is 41.9 cm³/mol. The van der Waals surface area contributed by atoms with Crippen LogP contribution in [0.2, 0.25) is 0 Å². The fourth-order valence-corrected chi connectivity index (χ4v) is 0.654. The van der Waals surface area contributed by atoms with Gasteiger partial charge in [0.05, 0.1) is 6.10 Å². The van der Waals surface area contributed by atoms with Crippen molar-refractivity contribution in [3.05, 3.63) is 11.1 Å². The molecule has 0 rings (SSSR count). The van der Waals surface area contributed by atoms with Gasteiger partial charge in [-0.3, -0.25) is 0 Å². The first kappa shape index (κ1) is 9.95. The van der Waals surface area contributed by atoms with E-state index < -0.39 is 6.10 Å².